The number of likely N-dealkylation sites (N-methyl/N-ethyl adjacent to an activating group) is 1. The molecule has 7 nitrogen and oxygen atoms in total. The number of rotatable bonds is 6. The third-order valence-electron chi connectivity index (χ3n) is 2.68. The molecular weight excluding hydrogens is 264 g/mol. The van der Waals surface area contributed by atoms with E-state index in [4.69, 9.17) is 9.84 Å². The van der Waals surface area contributed by atoms with Crippen molar-refractivity contribution >= 4 is 18.0 Å². The van der Waals surface area contributed by atoms with Gasteiger partial charge in [0.05, 0.1) is 6.61 Å². The van der Waals surface area contributed by atoms with Gasteiger partial charge in [0.25, 0.3) is 0 Å². The maximum absolute atomic E-state index is 12.0. The van der Waals surface area contributed by atoms with Gasteiger partial charge in [0.2, 0.25) is 0 Å². The molecule has 0 aromatic rings. The topological polar surface area (TPSA) is 95.9 Å². The van der Waals surface area contributed by atoms with Crippen molar-refractivity contribution in [3.8, 4) is 0 Å². The average Bonchev–Trinajstić information content (AvgIpc) is 2.31. The van der Waals surface area contributed by atoms with Crippen LogP contribution in [-0.2, 0) is 14.3 Å². The van der Waals surface area contributed by atoms with Crippen molar-refractivity contribution in [2.45, 2.75) is 40.7 Å². The largest absolute Gasteiger partial charge is 0.480 e. The van der Waals surface area contributed by atoms with Crippen molar-refractivity contribution in [2.24, 2.45) is 5.41 Å². The Bertz CT molecular complexity index is 362. The van der Waals surface area contributed by atoms with Gasteiger partial charge in [0, 0.05) is 6.54 Å². The van der Waals surface area contributed by atoms with Gasteiger partial charge < -0.3 is 20.1 Å². The van der Waals surface area contributed by atoms with Crippen LogP contribution in [0.2, 0.25) is 0 Å². The van der Waals surface area contributed by atoms with Crippen molar-refractivity contribution in [3.05, 3.63) is 0 Å². The highest BCUT2D eigenvalue weighted by atomic mass is 16.5. The lowest BCUT2D eigenvalue weighted by molar-refractivity contribution is -0.143. The highest BCUT2D eigenvalue weighted by Crippen LogP contribution is 2.19. The molecule has 0 aliphatic heterocycles. The van der Waals surface area contributed by atoms with Crippen LogP contribution in [0.4, 0.5) is 4.79 Å². The van der Waals surface area contributed by atoms with Crippen LogP contribution in [0.3, 0.4) is 0 Å². The third kappa shape index (κ3) is 5.90. The van der Waals surface area contributed by atoms with Crippen LogP contribution in [0.25, 0.3) is 0 Å². The summed E-state index contributed by atoms with van der Waals surface area (Å²) in [6, 6.07) is -1.63. The van der Waals surface area contributed by atoms with E-state index in [9.17, 15) is 14.4 Å². The molecular formula is C13H24N2O5. The Morgan fingerprint density at radius 2 is 1.80 bits per heavy atom. The summed E-state index contributed by atoms with van der Waals surface area (Å²) in [7, 11) is 0. The Hall–Kier alpha value is -1.79. The molecule has 0 aromatic heterocycles. The summed E-state index contributed by atoms with van der Waals surface area (Å²) in [5, 5.41) is 11.6. The van der Waals surface area contributed by atoms with Crippen LogP contribution in [0.1, 0.15) is 34.6 Å². The molecule has 0 spiro atoms. The quantitative estimate of drug-likeness (QED) is 0.713. The minimum absolute atomic E-state index is 0.202. The fraction of sp³-hybridized carbons (Fsp3) is 0.769. The van der Waals surface area contributed by atoms with Gasteiger partial charge in [-0.2, -0.15) is 0 Å². The number of aliphatic carboxylic acids is 1. The first-order valence-corrected chi connectivity index (χ1v) is 6.57. The molecule has 7 heteroatoms. The first-order valence-electron chi connectivity index (χ1n) is 6.57. The number of hydrogen-bond donors (Lipinski definition) is 2. The number of nitrogens with zero attached hydrogens (tertiary/aromatic N) is 1. The van der Waals surface area contributed by atoms with E-state index in [0.29, 0.717) is 0 Å². The first kappa shape index (κ1) is 18.2. The van der Waals surface area contributed by atoms with Gasteiger partial charge in [0.15, 0.2) is 0 Å². The number of carbonyl (C=O) groups is 3. The number of carboxylic acid groups (broad SMARTS) is 1. The molecule has 20 heavy (non-hydrogen) atoms. The van der Waals surface area contributed by atoms with Crippen molar-refractivity contribution in [3.63, 3.8) is 0 Å². The fourth-order valence-electron chi connectivity index (χ4n) is 1.55. The van der Waals surface area contributed by atoms with E-state index in [-0.39, 0.29) is 19.7 Å². The third-order valence-corrected chi connectivity index (χ3v) is 2.68. The zero-order chi connectivity index (χ0) is 15.9. The molecule has 2 amide bonds. The highest BCUT2D eigenvalue weighted by Gasteiger charge is 2.33. The molecule has 0 saturated heterocycles. The lowest BCUT2D eigenvalue weighted by Crippen LogP contribution is -2.54. The Morgan fingerprint density at radius 1 is 1.25 bits per heavy atom. The molecule has 2 N–H and O–H groups in total. The minimum atomic E-state index is -1.11. The zero-order valence-electron chi connectivity index (χ0n) is 12.7. The fourth-order valence-corrected chi connectivity index (χ4v) is 1.55. The summed E-state index contributed by atoms with van der Waals surface area (Å²) in [6.45, 7) is 8.83. The van der Waals surface area contributed by atoms with E-state index in [2.05, 4.69) is 5.32 Å². The number of carboxylic acids is 1. The van der Waals surface area contributed by atoms with Gasteiger partial charge in [0.1, 0.15) is 12.6 Å². The van der Waals surface area contributed by atoms with E-state index in [0.717, 1.165) is 0 Å². The molecule has 0 aliphatic carbocycles. The van der Waals surface area contributed by atoms with Crippen LogP contribution < -0.4 is 5.32 Å². The molecule has 0 radical (unpaired) electrons. The predicted molar refractivity (Wildman–Crippen MR) is 73.3 cm³/mol. The van der Waals surface area contributed by atoms with Crippen LogP contribution in [-0.4, -0.2) is 53.7 Å². The highest BCUT2D eigenvalue weighted by molar-refractivity contribution is 5.85. The average molecular weight is 288 g/mol. The smallest absolute Gasteiger partial charge is 0.326 e. The van der Waals surface area contributed by atoms with Crippen LogP contribution in [0.5, 0.6) is 0 Å². The Morgan fingerprint density at radius 3 is 2.15 bits per heavy atom. The van der Waals surface area contributed by atoms with Gasteiger partial charge in [-0.25, -0.2) is 9.59 Å². The van der Waals surface area contributed by atoms with Crippen molar-refractivity contribution in [1.29, 1.82) is 0 Å². The summed E-state index contributed by atoms with van der Waals surface area (Å²) in [5.41, 5.74) is -0.634. The number of carbonyl (C=O) groups excluding carboxylic acids is 2. The molecule has 0 aromatic carbocycles. The maximum atomic E-state index is 12.0. The zero-order valence-corrected chi connectivity index (χ0v) is 12.7. The number of urea groups is 1. The Balaban J connectivity index is 4.76. The number of nitrogens with one attached hydrogen (secondary N) is 1. The molecule has 0 unspecified atom stereocenters. The molecule has 0 aliphatic rings. The van der Waals surface area contributed by atoms with E-state index >= 15 is 0 Å². The molecule has 0 bridgehead atoms. The summed E-state index contributed by atoms with van der Waals surface area (Å²) >= 11 is 0. The summed E-state index contributed by atoms with van der Waals surface area (Å²) in [5.74, 6) is -1.63. The maximum Gasteiger partial charge on any atom is 0.326 e. The van der Waals surface area contributed by atoms with Crippen LogP contribution >= 0.6 is 0 Å². The molecule has 0 saturated carbocycles. The number of hydrogen-bond acceptors (Lipinski definition) is 4. The standard InChI is InChI=1S/C13H24N2O5/c1-6-15(8-9(16)20-7-2)12(19)14-10(11(17)18)13(3,4)5/h10H,6-8H2,1-5H3,(H,14,19)(H,17,18)/t10-/m0/s1. The lowest BCUT2D eigenvalue weighted by Gasteiger charge is -2.30. The van der Waals surface area contributed by atoms with Gasteiger partial charge in [-0.1, -0.05) is 20.8 Å². The van der Waals surface area contributed by atoms with Gasteiger partial charge in [-0.3, -0.25) is 4.79 Å². The van der Waals surface area contributed by atoms with Crippen LogP contribution in [0.15, 0.2) is 0 Å². The van der Waals surface area contributed by atoms with Crippen molar-refractivity contribution in [1.82, 2.24) is 10.2 Å². The summed E-state index contributed by atoms with van der Waals surface area (Å²) in [4.78, 5) is 35.8. The Kier molecular flexibility index (Phi) is 7.02. The second-order valence-corrected chi connectivity index (χ2v) is 5.41. The van der Waals surface area contributed by atoms with E-state index in [1.807, 2.05) is 0 Å². The van der Waals surface area contributed by atoms with Gasteiger partial charge >= 0.3 is 18.0 Å². The second-order valence-electron chi connectivity index (χ2n) is 5.41. The molecule has 0 rings (SSSR count). The number of amides is 2. The summed E-state index contributed by atoms with van der Waals surface area (Å²) in [6.07, 6.45) is 0. The minimum Gasteiger partial charge on any atom is -0.480 e. The lowest BCUT2D eigenvalue weighted by atomic mass is 9.87. The molecule has 116 valence electrons. The first-order chi connectivity index (χ1) is 9.13. The summed E-state index contributed by atoms with van der Waals surface area (Å²) < 4.78 is 4.77. The molecule has 0 fully saturated rings. The van der Waals surface area contributed by atoms with Gasteiger partial charge in [-0.05, 0) is 19.3 Å². The molecule has 1 atom stereocenters. The monoisotopic (exact) mass is 288 g/mol. The van der Waals surface area contributed by atoms with E-state index in [1.165, 1.54) is 4.90 Å². The van der Waals surface area contributed by atoms with E-state index in [1.54, 1.807) is 34.6 Å². The Labute approximate surface area is 119 Å². The van der Waals surface area contributed by atoms with Crippen molar-refractivity contribution < 1.29 is 24.2 Å². The normalized spacial score (nSPS) is 12.4. The molecule has 0 heterocycles. The number of esters is 1. The van der Waals surface area contributed by atoms with Gasteiger partial charge in [-0.15, -0.1) is 0 Å². The second kappa shape index (κ2) is 7.72. The SMILES string of the molecule is CCOC(=O)CN(CC)C(=O)N[C@@H](C(=O)O)C(C)(C)C. The number of ether oxygens (including phenoxy) is 1. The van der Waals surface area contributed by atoms with E-state index < -0.39 is 29.4 Å². The predicted octanol–water partition coefficient (Wildman–Crippen LogP) is 1.08. The van der Waals surface area contributed by atoms with Crippen molar-refractivity contribution in [2.75, 3.05) is 19.7 Å². The van der Waals surface area contributed by atoms with Crippen LogP contribution in [0, 0.1) is 5.41 Å².